The molecular weight excluding hydrogens is 269 g/mol. The third-order valence-electron chi connectivity index (χ3n) is 2.64. The van der Waals surface area contributed by atoms with Crippen LogP contribution in [0.3, 0.4) is 0 Å². The number of carbonyl (C=O) groups excluding carboxylic acids is 1. The van der Waals surface area contributed by atoms with E-state index in [9.17, 15) is 18.0 Å². The van der Waals surface area contributed by atoms with Crippen molar-refractivity contribution in [1.82, 2.24) is 0 Å². The van der Waals surface area contributed by atoms with Crippen LogP contribution in [0.15, 0.2) is 48.5 Å². The highest BCUT2D eigenvalue weighted by molar-refractivity contribution is 5.76. The first-order valence-electron chi connectivity index (χ1n) is 5.83. The van der Waals surface area contributed by atoms with Gasteiger partial charge >= 0.3 is 6.18 Å². The minimum atomic E-state index is -4.51. The number of halogens is 3. The molecule has 0 bridgehead atoms. The average Bonchev–Trinajstić information content (AvgIpc) is 2.45. The minimum Gasteiger partial charge on any atom is -0.489 e. The van der Waals surface area contributed by atoms with Gasteiger partial charge in [0.1, 0.15) is 18.6 Å². The van der Waals surface area contributed by atoms with Crippen LogP contribution in [-0.4, -0.2) is 6.29 Å². The Morgan fingerprint density at radius 1 is 1.05 bits per heavy atom. The smallest absolute Gasteiger partial charge is 0.416 e. The third-order valence-corrected chi connectivity index (χ3v) is 2.64. The second-order valence-corrected chi connectivity index (χ2v) is 4.18. The molecule has 0 aliphatic rings. The van der Waals surface area contributed by atoms with Gasteiger partial charge in [0.15, 0.2) is 0 Å². The number of hydrogen-bond donors (Lipinski definition) is 0. The van der Waals surface area contributed by atoms with E-state index >= 15 is 0 Å². The van der Waals surface area contributed by atoms with E-state index in [1.54, 1.807) is 12.1 Å². The van der Waals surface area contributed by atoms with Gasteiger partial charge in [-0.3, -0.25) is 4.79 Å². The van der Waals surface area contributed by atoms with E-state index in [4.69, 9.17) is 4.74 Å². The topological polar surface area (TPSA) is 26.3 Å². The number of alkyl halides is 3. The monoisotopic (exact) mass is 280 g/mol. The summed E-state index contributed by atoms with van der Waals surface area (Å²) in [6, 6.07) is 12.0. The van der Waals surface area contributed by atoms with Gasteiger partial charge in [-0.05, 0) is 23.8 Å². The molecule has 0 aliphatic carbocycles. The van der Waals surface area contributed by atoms with Crippen molar-refractivity contribution >= 4 is 6.29 Å². The molecule has 0 aliphatic heterocycles. The fourth-order valence-corrected chi connectivity index (χ4v) is 1.68. The summed E-state index contributed by atoms with van der Waals surface area (Å²) in [6.07, 6.45) is -4.14. The molecule has 20 heavy (non-hydrogen) atoms. The molecule has 5 heteroatoms. The SMILES string of the molecule is O=Cc1cc(OCc2ccccc2)cc(C(F)(F)F)c1. The van der Waals surface area contributed by atoms with Crippen LogP contribution in [0.1, 0.15) is 21.5 Å². The Morgan fingerprint density at radius 3 is 2.35 bits per heavy atom. The van der Waals surface area contributed by atoms with Crippen LogP contribution in [0.2, 0.25) is 0 Å². The molecule has 0 aromatic heterocycles. The molecule has 0 heterocycles. The molecule has 2 aromatic carbocycles. The van der Waals surface area contributed by atoms with Crippen LogP contribution in [0, 0.1) is 0 Å². The van der Waals surface area contributed by atoms with Crippen molar-refractivity contribution in [3.8, 4) is 5.75 Å². The summed E-state index contributed by atoms with van der Waals surface area (Å²) in [5.41, 5.74) is -0.134. The number of carbonyl (C=O) groups is 1. The molecule has 0 spiro atoms. The maximum Gasteiger partial charge on any atom is 0.416 e. The molecule has 0 N–H and O–H groups in total. The molecule has 0 atom stereocenters. The summed E-state index contributed by atoms with van der Waals surface area (Å²) in [7, 11) is 0. The summed E-state index contributed by atoms with van der Waals surface area (Å²) in [5, 5.41) is 0. The van der Waals surface area contributed by atoms with Crippen molar-refractivity contribution in [1.29, 1.82) is 0 Å². The predicted octanol–water partition coefficient (Wildman–Crippen LogP) is 4.10. The fourth-order valence-electron chi connectivity index (χ4n) is 1.68. The molecule has 0 saturated carbocycles. The molecule has 0 unspecified atom stereocenters. The van der Waals surface area contributed by atoms with Crippen LogP contribution in [-0.2, 0) is 12.8 Å². The normalized spacial score (nSPS) is 11.2. The van der Waals surface area contributed by atoms with Gasteiger partial charge in [-0.1, -0.05) is 30.3 Å². The van der Waals surface area contributed by atoms with Crippen molar-refractivity contribution in [3.05, 3.63) is 65.2 Å². The van der Waals surface area contributed by atoms with Gasteiger partial charge in [0.25, 0.3) is 0 Å². The molecule has 0 amide bonds. The van der Waals surface area contributed by atoms with Gasteiger partial charge in [-0.25, -0.2) is 0 Å². The lowest BCUT2D eigenvalue weighted by atomic mass is 10.1. The van der Waals surface area contributed by atoms with Gasteiger partial charge in [-0.2, -0.15) is 13.2 Å². The van der Waals surface area contributed by atoms with Gasteiger partial charge in [0.05, 0.1) is 5.56 Å². The Balaban J connectivity index is 2.21. The van der Waals surface area contributed by atoms with Crippen molar-refractivity contribution in [2.75, 3.05) is 0 Å². The molecule has 104 valence electrons. The highest BCUT2D eigenvalue weighted by Crippen LogP contribution is 2.32. The molecular formula is C15H11F3O2. The van der Waals surface area contributed by atoms with Crippen molar-refractivity contribution < 1.29 is 22.7 Å². The number of ether oxygens (including phenoxy) is 1. The number of benzene rings is 2. The third kappa shape index (κ3) is 3.60. The fraction of sp³-hybridized carbons (Fsp3) is 0.133. The lowest BCUT2D eigenvalue weighted by Crippen LogP contribution is -2.06. The Bertz CT molecular complexity index is 592. The summed E-state index contributed by atoms with van der Waals surface area (Å²) in [5.74, 6) is 0.0192. The van der Waals surface area contributed by atoms with E-state index < -0.39 is 11.7 Å². The van der Waals surface area contributed by atoms with Crippen LogP contribution in [0.25, 0.3) is 0 Å². The van der Waals surface area contributed by atoms with Crippen molar-refractivity contribution in [2.24, 2.45) is 0 Å². The zero-order valence-electron chi connectivity index (χ0n) is 10.4. The van der Waals surface area contributed by atoms with Crippen LogP contribution >= 0.6 is 0 Å². The number of rotatable bonds is 4. The summed E-state index contributed by atoms with van der Waals surface area (Å²) in [6.45, 7) is 0.139. The van der Waals surface area contributed by atoms with E-state index in [0.29, 0.717) is 6.29 Å². The minimum absolute atomic E-state index is 0.0192. The van der Waals surface area contributed by atoms with E-state index in [1.165, 1.54) is 6.07 Å². The first kappa shape index (κ1) is 14.1. The zero-order valence-corrected chi connectivity index (χ0v) is 10.4. The summed E-state index contributed by atoms with van der Waals surface area (Å²) >= 11 is 0. The second kappa shape index (κ2) is 5.77. The molecule has 0 fully saturated rings. The number of hydrogen-bond acceptors (Lipinski definition) is 2. The zero-order chi connectivity index (χ0) is 14.6. The average molecular weight is 280 g/mol. The van der Waals surface area contributed by atoms with E-state index in [2.05, 4.69) is 0 Å². The Morgan fingerprint density at radius 2 is 1.75 bits per heavy atom. The Hall–Kier alpha value is -2.30. The van der Waals surface area contributed by atoms with Crippen molar-refractivity contribution in [3.63, 3.8) is 0 Å². The lowest BCUT2D eigenvalue weighted by molar-refractivity contribution is -0.137. The van der Waals surface area contributed by atoms with Crippen LogP contribution in [0.5, 0.6) is 5.75 Å². The highest BCUT2D eigenvalue weighted by Gasteiger charge is 2.31. The van der Waals surface area contributed by atoms with Crippen molar-refractivity contribution in [2.45, 2.75) is 12.8 Å². The first-order chi connectivity index (χ1) is 9.49. The van der Waals surface area contributed by atoms with Crippen LogP contribution in [0.4, 0.5) is 13.2 Å². The lowest BCUT2D eigenvalue weighted by Gasteiger charge is -2.11. The van der Waals surface area contributed by atoms with Crippen LogP contribution < -0.4 is 4.74 Å². The molecule has 0 saturated heterocycles. The van der Waals surface area contributed by atoms with E-state index in [1.807, 2.05) is 18.2 Å². The van der Waals surface area contributed by atoms with E-state index in [0.717, 1.165) is 17.7 Å². The molecule has 2 nitrogen and oxygen atoms in total. The first-order valence-corrected chi connectivity index (χ1v) is 5.83. The highest BCUT2D eigenvalue weighted by atomic mass is 19.4. The van der Waals surface area contributed by atoms with Gasteiger partial charge in [0.2, 0.25) is 0 Å². The molecule has 0 radical (unpaired) electrons. The molecule has 2 aromatic rings. The standard InChI is InChI=1S/C15H11F3O2/c16-15(17,18)13-6-12(9-19)7-14(8-13)20-10-11-4-2-1-3-5-11/h1-9H,10H2. The molecule has 2 rings (SSSR count). The Labute approximate surface area is 113 Å². The predicted molar refractivity (Wildman–Crippen MR) is 67.6 cm³/mol. The van der Waals surface area contributed by atoms with E-state index in [-0.39, 0.29) is 17.9 Å². The quantitative estimate of drug-likeness (QED) is 0.788. The number of aldehydes is 1. The maximum atomic E-state index is 12.7. The van der Waals surface area contributed by atoms with Gasteiger partial charge in [-0.15, -0.1) is 0 Å². The Kier molecular flexibility index (Phi) is 4.08. The largest absolute Gasteiger partial charge is 0.489 e. The van der Waals surface area contributed by atoms with Gasteiger partial charge in [0, 0.05) is 5.56 Å². The van der Waals surface area contributed by atoms with Gasteiger partial charge < -0.3 is 4.74 Å². The summed E-state index contributed by atoms with van der Waals surface area (Å²) < 4.78 is 43.3. The summed E-state index contributed by atoms with van der Waals surface area (Å²) in [4.78, 5) is 10.7. The second-order valence-electron chi connectivity index (χ2n) is 4.18. The maximum absolute atomic E-state index is 12.7.